The van der Waals surface area contributed by atoms with Gasteiger partial charge >= 0.3 is 5.97 Å². The number of fused-ring (bicyclic) bond motifs is 1. The fourth-order valence-electron chi connectivity index (χ4n) is 3.31. The molecule has 7 heteroatoms. The maximum atomic E-state index is 13.0. The van der Waals surface area contributed by atoms with E-state index >= 15 is 0 Å². The summed E-state index contributed by atoms with van der Waals surface area (Å²) in [6, 6.07) is 14.5. The van der Waals surface area contributed by atoms with Crippen LogP contribution >= 0.6 is 0 Å². The number of benzene rings is 1. The third kappa shape index (κ3) is 4.09. The summed E-state index contributed by atoms with van der Waals surface area (Å²) in [4.78, 5) is 36.2. The molecule has 1 aromatic carbocycles. The maximum Gasteiger partial charge on any atom is 0.339 e. The Balaban J connectivity index is 1.63. The van der Waals surface area contributed by atoms with E-state index in [0.717, 1.165) is 0 Å². The molecule has 0 unspecified atom stereocenters. The van der Waals surface area contributed by atoms with Gasteiger partial charge in [-0.05, 0) is 31.2 Å². The van der Waals surface area contributed by atoms with Crippen LogP contribution in [-0.2, 0) is 14.3 Å². The van der Waals surface area contributed by atoms with Crippen molar-refractivity contribution >= 4 is 22.8 Å². The summed E-state index contributed by atoms with van der Waals surface area (Å²) in [5.74, 6) is -0.778. The fourth-order valence-corrected chi connectivity index (χ4v) is 3.31. The second kappa shape index (κ2) is 8.36. The van der Waals surface area contributed by atoms with E-state index in [9.17, 15) is 9.59 Å². The van der Waals surface area contributed by atoms with Crippen molar-refractivity contribution in [1.29, 1.82) is 0 Å². The van der Waals surface area contributed by atoms with E-state index < -0.39 is 12.1 Å². The minimum atomic E-state index is -0.883. The fraction of sp³-hybridized carbons (Fsp3) is 0.273. The third-order valence-corrected chi connectivity index (χ3v) is 4.82. The second-order valence-electron chi connectivity index (χ2n) is 6.77. The number of para-hydroxylation sites is 1. The average molecular weight is 391 g/mol. The highest BCUT2D eigenvalue weighted by molar-refractivity contribution is 6.05. The normalized spacial score (nSPS) is 15.1. The molecule has 1 aliphatic rings. The van der Waals surface area contributed by atoms with Crippen LogP contribution in [0, 0.1) is 0 Å². The number of amides is 1. The van der Waals surface area contributed by atoms with Crippen LogP contribution in [0.5, 0.6) is 0 Å². The molecule has 3 heterocycles. The van der Waals surface area contributed by atoms with Gasteiger partial charge in [0.05, 0.1) is 35.7 Å². The molecule has 4 rings (SSSR count). The monoisotopic (exact) mass is 391 g/mol. The van der Waals surface area contributed by atoms with E-state index in [1.807, 2.05) is 42.5 Å². The summed E-state index contributed by atoms with van der Waals surface area (Å²) in [6.07, 6.45) is 0.790. The summed E-state index contributed by atoms with van der Waals surface area (Å²) in [5, 5.41) is 0.670. The molecule has 0 aliphatic carbocycles. The average Bonchev–Trinajstić information content (AvgIpc) is 2.78. The van der Waals surface area contributed by atoms with Crippen LogP contribution in [0.3, 0.4) is 0 Å². The number of pyridine rings is 2. The molecule has 1 amide bonds. The zero-order chi connectivity index (χ0) is 20.2. The molecule has 0 N–H and O–H groups in total. The first kappa shape index (κ1) is 19.0. The van der Waals surface area contributed by atoms with Gasteiger partial charge in [0.1, 0.15) is 0 Å². The highest BCUT2D eigenvalue weighted by Crippen LogP contribution is 2.24. The van der Waals surface area contributed by atoms with Crippen molar-refractivity contribution in [3.05, 3.63) is 60.3 Å². The summed E-state index contributed by atoms with van der Waals surface area (Å²) >= 11 is 0. The molecule has 1 atom stereocenters. The van der Waals surface area contributed by atoms with Gasteiger partial charge in [-0.25, -0.2) is 9.78 Å². The van der Waals surface area contributed by atoms with Gasteiger partial charge in [-0.1, -0.05) is 24.3 Å². The SMILES string of the molecule is C[C@H](OC(=O)c1cc(-c2ccccn2)nc2ccccc12)C(=O)N1CCOCC1. The predicted molar refractivity (Wildman–Crippen MR) is 107 cm³/mol. The second-order valence-corrected chi connectivity index (χ2v) is 6.77. The first-order valence-electron chi connectivity index (χ1n) is 9.52. The molecule has 0 radical (unpaired) electrons. The minimum absolute atomic E-state index is 0.218. The van der Waals surface area contributed by atoms with Crippen molar-refractivity contribution in [1.82, 2.24) is 14.9 Å². The number of aromatic nitrogens is 2. The van der Waals surface area contributed by atoms with Crippen molar-refractivity contribution in [2.24, 2.45) is 0 Å². The lowest BCUT2D eigenvalue weighted by Crippen LogP contribution is -2.46. The van der Waals surface area contributed by atoms with E-state index in [1.54, 1.807) is 24.1 Å². The molecule has 1 fully saturated rings. The number of carbonyl (C=O) groups is 2. The summed E-state index contributed by atoms with van der Waals surface area (Å²) in [6.45, 7) is 3.59. The number of carbonyl (C=O) groups excluding carboxylic acids is 2. The predicted octanol–water partition coefficient (Wildman–Crippen LogP) is 2.70. The van der Waals surface area contributed by atoms with Crippen LogP contribution in [0.1, 0.15) is 17.3 Å². The van der Waals surface area contributed by atoms with E-state index in [0.29, 0.717) is 54.2 Å². The zero-order valence-corrected chi connectivity index (χ0v) is 16.1. The number of hydrogen-bond donors (Lipinski definition) is 0. The van der Waals surface area contributed by atoms with E-state index in [1.165, 1.54) is 0 Å². The lowest BCUT2D eigenvalue weighted by Gasteiger charge is -2.29. The Labute approximate surface area is 168 Å². The Kier molecular flexibility index (Phi) is 5.48. The van der Waals surface area contributed by atoms with Crippen molar-refractivity contribution in [3.8, 4) is 11.4 Å². The quantitative estimate of drug-likeness (QED) is 0.636. The molecule has 1 aliphatic heterocycles. The molecule has 29 heavy (non-hydrogen) atoms. The van der Waals surface area contributed by atoms with Crippen LogP contribution in [0.25, 0.3) is 22.3 Å². The van der Waals surface area contributed by atoms with Crippen LogP contribution in [0.15, 0.2) is 54.7 Å². The first-order valence-corrected chi connectivity index (χ1v) is 9.52. The van der Waals surface area contributed by atoms with Crippen molar-refractivity contribution in [2.45, 2.75) is 13.0 Å². The molecule has 7 nitrogen and oxygen atoms in total. The van der Waals surface area contributed by atoms with Gasteiger partial charge in [-0.15, -0.1) is 0 Å². The largest absolute Gasteiger partial charge is 0.449 e. The Morgan fingerprint density at radius 3 is 2.59 bits per heavy atom. The summed E-state index contributed by atoms with van der Waals surface area (Å²) in [7, 11) is 0. The highest BCUT2D eigenvalue weighted by Gasteiger charge is 2.26. The van der Waals surface area contributed by atoms with Gasteiger partial charge in [-0.3, -0.25) is 9.78 Å². The smallest absolute Gasteiger partial charge is 0.339 e. The molecule has 0 bridgehead atoms. The molecule has 3 aromatic rings. The standard InChI is InChI=1S/C22H21N3O4/c1-15(21(26)25-10-12-28-13-11-25)29-22(27)17-14-20(19-8-4-5-9-23-19)24-18-7-3-2-6-16(17)18/h2-9,14-15H,10-13H2,1H3/t15-/m0/s1. The van der Waals surface area contributed by atoms with Crippen LogP contribution in [0.4, 0.5) is 0 Å². The first-order chi connectivity index (χ1) is 14.1. The van der Waals surface area contributed by atoms with Crippen LogP contribution in [0.2, 0.25) is 0 Å². The van der Waals surface area contributed by atoms with Gasteiger partial charge in [-0.2, -0.15) is 0 Å². The molecule has 0 saturated carbocycles. The van der Waals surface area contributed by atoms with Crippen molar-refractivity contribution in [3.63, 3.8) is 0 Å². The van der Waals surface area contributed by atoms with E-state index in [4.69, 9.17) is 9.47 Å². The molecule has 2 aromatic heterocycles. The molecule has 148 valence electrons. The Morgan fingerprint density at radius 1 is 1.07 bits per heavy atom. The van der Waals surface area contributed by atoms with Gasteiger partial charge < -0.3 is 14.4 Å². The summed E-state index contributed by atoms with van der Waals surface area (Å²) in [5.41, 5.74) is 2.25. The number of nitrogens with zero attached hydrogens (tertiary/aromatic N) is 3. The zero-order valence-electron chi connectivity index (χ0n) is 16.1. The topological polar surface area (TPSA) is 81.6 Å². The lowest BCUT2D eigenvalue weighted by atomic mass is 10.1. The Morgan fingerprint density at radius 2 is 1.83 bits per heavy atom. The molecular formula is C22H21N3O4. The lowest BCUT2D eigenvalue weighted by molar-refractivity contribution is -0.143. The molecule has 1 saturated heterocycles. The van der Waals surface area contributed by atoms with Gasteiger partial charge in [0.25, 0.3) is 5.91 Å². The van der Waals surface area contributed by atoms with Gasteiger partial charge in [0.2, 0.25) is 0 Å². The number of ether oxygens (including phenoxy) is 2. The van der Waals surface area contributed by atoms with E-state index in [2.05, 4.69) is 9.97 Å². The van der Waals surface area contributed by atoms with Crippen molar-refractivity contribution < 1.29 is 19.1 Å². The molecule has 0 spiro atoms. The van der Waals surface area contributed by atoms with Crippen LogP contribution < -0.4 is 0 Å². The molecular weight excluding hydrogens is 370 g/mol. The van der Waals surface area contributed by atoms with Gasteiger partial charge in [0.15, 0.2) is 6.10 Å². The number of rotatable bonds is 4. The Hall–Kier alpha value is -3.32. The number of hydrogen-bond acceptors (Lipinski definition) is 6. The van der Waals surface area contributed by atoms with E-state index in [-0.39, 0.29) is 5.91 Å². The highest BCUT2D eigenvalue weighted by atomic mass is 16.5. The summed E-state index contributed by atoms with van der Waals surface area (Å²) < 4.78 is 10.8. The number of esters is 1. The number of morpholine rings is 1. The van der Waals surface area contributed by atoms with Crippen molar-refractivity contribution in [2.75, 3.05) is 26.3 Å². The van der Waals surface area contributed by atoms with Gasteiger partial charge in [0, 0.05) is 24.7 Å². The maximum absolute atomic E-state index is 13.0. The minimum Gasteiger partial charge on any atom is -0.449 e. The third-order valence-electron chi connectivity index (χ3n) is 4.82. The Bertz CT molecular complexity index is 1030. The van der Waals surface area contributed by atoms with Crippen LogP contribution in [-0.4, -0.2) is 59.2 Å².